The summed E-state index contributed by atoms with van der Waals surface area (Å²) in [5.41, 5.74) is 1.39. The second kappa shape index (κ2) is 8.28. The van der Waals surface area contributed by atoms with Crippen molar-refractivity contribution in [2.75, 3.05) is 18.4 Å². The van der Waals surface area contributed by atoms with Gasteiger partial charge in [0.25, 0.3) is 5.88 Å². The molecule has 27 heavy (non-hydrogen) atoms. The minimum absolute atomic E-state index is 0.363. The Morgan fingerprint density at radius 1 is 1.19 bits per heavy atom. The first-order valence-corrected chi connectivity index (χ1v) is 9.19. The highest BCUT2D eigenvalue weighted by molar-refractivity contribution is 6.32. The number of hydrogen-bond acceptors (Lipinski definition) is 7. The van der Waals surface area contributed by atoms with E-state index in [-0.39, 0.29) is 0 Å². The summed E-state index contributed by atoms with van der Waals surface area (Å²) in [6, 6.07) is 7.70. The maximum absolute atomic E-state index is 6.24. The molecule has 0 bridgehead atoms. The largest absolute Gasteiger partial charge is 0.434 e. The Balaban J connectivity index is 1.63. The van der Waals surface area contributed by atoms with Crippen LogP contribution in [0.4, 0.5) is 5.82 Å². The molecule has 1 aliphatic rings. The van der Waals surface area contributed by atoms with Crippen LogP contribution in [0.1, 0.15) is 12.8 Å². The highest BCUT2D eigenvalue weighted by Crippen LogP contribution is 2.32. The van der Waals surface area contributed by atoms with E-state index in [9.17, 15) is 0 Å². The summed E-state index contributed by atoms with van der Waals surface area (Å²) in [6.07, 6.45) is 8.86. The van der Waals surface area contributed by atoms with E-state index in [2.05, 4.69) is 30.6 Å². The molecule has 0 amide bonds. The van der Waals surface area contributed by atoms with Crippen molar-refractivity contribution in [3.8, 4) is 22.9 Å². The Hall–Kier alpha value is -2.77. The van der Waals surface area contributed by atoms with Crippen molar-refractivity contribution >= 4 is 17.4 Å². The standard InChI is InChI=1S/C19H19ClN6O/c20-15-5-1-2-6-17(15)27-19-18(24-10-14-4-3-7-23-14)25-11-16(26-19)13-8-21-12-22-9-13/h1-2,5-6,8-9,11-12,14,23H,3-4,7,10H2,(H,24,25)/t14-/m0/s1. The third-order valence-electron chi connectivity index (χ3n) is 4.32. The van der Waals surface area contributed by atoms with Crippen LogP contribution in [0.5, 0.6) is 11.6 Å². The van der Waals surface area contributed by atoms with Gasteiger partial charge in [-0.2, -0.15) is 0 Å². The highest BCUT2D eigenvalue weighted by Gasteiger charge is 2.17. The molecule has 138 valence electrons. The molecule has 1 aromatic carbocycles. The van der Waals surface area contributed by atoms with Crippen molar-refractivity contribution in [2.24, 2.45) is 0 Å². The monoisotopic (exact) mass is 382 g/mol. The first-order chi connectivity index (χ1) is 13.3. The molecule has 1 atom stereocenters. The molecule has 3 aromatic rings. The lowest BCUT2D eigenvalue weighted by Gasteiger charge is -2.15. The normalized spacial score (nSPS) is 16.3. The molecule has 1 saturated heterocycles. The Kier molecular flexibility index (Phi) is 5.41. The van der Waals surface area contributed by atoms with E-state index >= 15 is 0 Å². The number of nitrogens with zero attached hydrogens (tertiary/aromatic N) is 4. The Morgan fingerprint density at radius 3 is 2.81 bits per heavy atom. The Morgan fingerprint density at radius 2 is 2.04 bits per heavy atom. The highest BCUT2D eigenvalue weighted by atomic mass is 35.5. The molecule has 7 nitrogen and oxygen atoms in total. The molecule has 0 spiro atoms. The molecule has 8 heteroatoms. The fraction of sp³-hybridized carbons (Fsp3) is 0.263. The zero-order chi connectivity index (χ0) is 18.5. The maximum atomic E-state index is 6.24. The van der Waals surface area contributed by atoms with Crippen LogP contribution in [0.3, 0.4) is 0 Å². The third kappa shape index (κ3) is 4.32. The molecular weight excluding hydrogens is 364 g/mol. The van der Waals surface area contributed by atoms with Gasteiger partial charge >= 0.3 is 0 Å². The van der Waals surface area contributed by atoms with Crippen LogP contribution < -0.4 is 15.4 Å². The van der Waals surface area contributed by atoms with Crippen LogP contribution in [0, 0.1) is 0 Å². The molecule has 0 saturated carbocycles. The topological polar surface area (TPSA) is 84.9 Å². The van der Waals surface area contributed by atoms with E-state index in [0.717, 1.165) is 25.1 Å². The van der Waals surface area contributed by atoms with Crippen LogP contribution >= 0.6 is 11.6 Å². The van der Waals surface area contributed by atoms with Crippen LogP contribution in [0.25, 0.3) is 11.3 Å². The lowest BCUT2D eigenvalue weighted by Crippen LogP contribution is -2.29. The maximum Gasteiger partial charge on any atom is 0.263 e. The minimum atomic E-state index is 0.363. The number of para-hydroxylation sites is 1. The van der Waals surface area contributed by atoms with Crippen LogP contribution in [0.15, 0.2) is 49.2 Å². The van der Waals surface area contributed by atoms with Crippen LogP contribution in [0.2, 0.25) is 5.02 Å². The van der Waals surface area contributed by atoms with Gasteiger partial charge in [0, 0.05) is 30.5 Å². The number of benzene rings is 1. The molecule has 0 aliphatic carbocycles. The molecule has 4 rings (SSSR count). The van der Waals surface area contributed by atoms with Gasteiger partial charge in [-0.05, 0) is 31.5 Å². The van der Waals surface area contributed by atoms with Crippen LogP contribution in [-0.4, -0.2) is 39.1 Å². The number of anilines is 1. The molecule has 2 aromatic heterocycles. The van der Waals surface area contributed by atoms with Crippen molar-refractivity contribution in [1.29, 1.82) is 0 Å². The van der Waals surface area contributed by atoms with Gasteiger partial charge in [-0.1, -0.05) is 23.7 Å². The summed E-state index contributed by atoms with van der Waals surface area (Å²) in [7, 11) is 0. The summed E-state index contributed by atoms with van der Waals surface area (Å²) in [5.74, 6) is 1.46. The average Bonchev–Trinajstić information content (AvgIpc) is 3.23. The quantitative estimate of drug-likeness (QED) is 0.674. The predicted octanol–water partition coefficient (Wildman–Crippen LogP) is 3.54. The van der Waals surface area contributed by atoms with Gasteiger partial charge in [0.1, 0.15) is 12.1 Å². The van der Waals surface area contributed by atoms with E-state index in [4.69, 9.17) is 16.3 Å². The number of rotatable bonds is 6. The smallest absolute Gasteiger partial charge is 0.263 e. The fourth-order valence-electron chi connectivity index (χ4n) is 2.92. The molecular formula is C19H19ClN6O. The fourth-order valence-corrected chi connectivity index (χ4v) is 3.09. The number of nitrogens with one attached hydrogen (secondary N) is 2. The summed E-state index contributed by atoms with van der Waals surface area (Å²) >= 11 is 6.24. The van der Waals surface area contributed by atoms with Gasteiger partial charge in [-0.15, -0.1) is 0 Å². The van der Waals surface area contributed by atoms with Gasteiger partial charge in [0.2, 0.25) is 0 Å². The third-order valence-corrected chi connectivity index (χ3v) is 4.63. The number of aromatic nitrogens is 4. The number of hydrogen-bond donors (Lipinski definition) is 2. The number of halogens is 1. The molecule has 1 fully saturated rings. The zero-order valence-corrected chi connectivity index (χ0v) is 15.4. The predicted molar refractivity (Wildman–Crippen MR) is 104 cm³/mol. The van der Waals surface area contributed by atoms with Gasteiger partial charge in [-0.25, -0.2) is 19.9 Å². The van der Waals surface area contributed by atoms with E-state index in [1.807, 2.05) is 12.1 Å². The van der Waals surface area contributed by atoms with Gasteiger partial charge < -0.3 is 15.4 Å². The number of ether oxygens (including phenoxy) is 1. The van der Waals surface area contributed by atoms with Gasteiger partial charge in [0.15, 0.2) is 5.82 Å². The molecule has 2 N–H and O–H groups in total. The first-order valence-electron chi connectivity index (χ1n) is 8.81. The SMILES string of the molecule is Clc1ccccc1Oc1nc(-c2cncnc2)cnc1NC[C@@H]1CCCN1. The van der Waals surface area contributed by atoms with E-state index in [1.54, 1.807) is 30.7 Å². The lowest BCUT2D eigenvalue weighted by atomic mass is 10.2. The van der Waals surface area contributed by atoms with E-state index in [0.29, 0.717) is 34.2 Å². The first kappa shape index (κ1) is 17.6. The molecule has 3 heterocycles. The summed E-state index contributed by atoms with van der Waals surface area (Å²) in [6.45, 7) is 1.80. The van der Waals surface area contributed by atoms with Crippen LogP contribution in [-0.2, 0) is 0 Å². The van der Waals surface area contributed by atoms with Gasteiger partial charge in [0.05, 0.1) is 16.9 Å². The summed E-state index contributed by atoms with van der Waals surface area (Å²) in [4.78, 5) is 17.2. The molecule has 1 aliphatic heterocycles. The molecule has 0 unspecified atom stereocenters. The lowest BCUT2D eigenvalue weighted by molar-refractivity contribution is 0.463. The van der Waals surface area contributed by atoms with Crippen molar-refractivity contribution in [3.63, 3.8) is 0 Å². The van der Waals surface area contributed by atoms with Crippen molar-refractivity contribution in [1.82, 2.24) is 25.3 Å². The van der Waals surface area contributed by atoms with Crippen molar-refractivity contribution in [3.05, 3.63) is 54.2 Å². The minimum Gasteiger partial charge on any atom is -0.434 e. The molecule has 0 radical (unpaired) electrons. The second-order valence-electron chi connectivity index (χ2n) is 6.24. The average molecular weight is 383 g/mol. The van der Waals surface area contributed by atoms with E-state index in [1.165, 1.54) is 12.7 Å². The summed E-state index contributed by atoms with van der Waals surface area (Å²) < 4.78 is 5.99. The van der Waals surface area contributed by atoms with Gasteiger partial charge in [-0.3, -0.25) is 0 Å². The second-order valence-corrected chi connectivity index (χ2v) is 6.65. The van der Waals surface area contributed by atoms with Crippen molar-refractivity contribution in [2.45, 2.75) is 18.9 Å². The summed E-state index contributed by atoms with van der Waals surface area (Å²) in [5, 5.41) is 7.30. The Labute approximate surface area is 162 Å². The zero-order valence-electron chi connectivity index (χ0n) is 14.6. The van der Waals surface area contributed by atoms with Crippen molar-refractivity contribution < 1.29 is 4.74 Å². The van der Waals surface area contributed by atoms with E-state index < -0.39 is 0 Å². The Bertz CT molecular complexity index is 902.